The second-order valence-corrected chi connectivity index (χ2v) is 6.97. The van der Waals surface area contributed by atoms with Crippen molar-refractivity contribution in [2.75, 3.05) is 5.32 Å². The number of imidazole rings is 1. The zero-order chi connectivity index (χ0) is 22.0. The summed E-state index contributed by atoms with van der Waals surface area (Å²) in [6.45, 7) is 0. The lowest BCUT2D eigenvalue weighted by Crippen LogP contribution is -2.12. The number of hydrogen-bond acceptors (Lipinski definition) is 6. The molecule has 0 saturated carbocycles. The van der Waals surface area contributed by atoms with E-state index in [1.165, 1.54) is 18.2 Å². The van der Waals surface area contributed by atoms with Crippen molar-refractivity contribution in [1.82, 2.24) is 9.71 Å². The predicted octanol–water partition coefficient (Wildman–Crippen LogP) is 4.13. The molecule has 0 saturated heterocycles. The molecule has 4 aromatic rings. The molecule has 1 amide bonds. The van der Waals surface area contributed by atoms with Crippen molar-refractivity contribution < 1.29 is 20.0 Å². The van der Waals surface area contributed by atoms with Crippen LogP contribution in [0.3, 0.4) is 0 Å². The van der Waals surface area contributed by atoms with Crippen LogP contribution in [0.1, 0.15) is 12.0 Å². The highest BCUT2D eigenvalue weighted by Crippen LogP contribution is 2.27. The normalized spacial score (nSPS) is 10.8. The Labute approximate surface area is 176 Å². The Hall–Kier alpha value is -4.40. The molecular weight excluding hydrogens is 400 g/mol. The van der Waals surface area contributed by atoms with E-state index in [1.54, 1.807) is 48.5 Å². The maximum Gasteiger partial charge on any atom is 0.271 e. The molecule has 3 aromatic carbocycles. The molecule has 1 aromatic heterocycles. The summed E-state index contributed by atoms with van der Waals surface area (Å²) in [4.78, 5) is 26.9. The van der Waals surface area contributed by atoms with Gasteiger partial charge in [0.2, 0.25) is 5.91 Å². The fraction of sp³-hybridized carbons (Fsp3) is 0.0909. The van der Waals surface area contributed by atoms with E-state index in [2.05, 4.69) is 10.3 Å². The summed E-state index contributed by atoms with van der Waals surface area (Å²) >= 11 is 0. The van der Waals surface area contributed by atoms with E-state index in [-0.39, 0.29) is 35.1 Å². The van der Waals surface area contributed by atoms with E-state index in [4.69, 9.17) is 0 Å². The lowest BCUT2D eigenvalue weighted by Gasteiger charge is -2.07. The number of nitro groups is 1. The molecule has 0 radical (unpaired) electrons. The van der Waals surface area contributed by atoms with Gasteiger partial charge in [-0.15, -0.1) is 0 Å². The van der Waals surface area contributed by atoms with Gasteiger partial charge in [0.05, 0.1) is 10.4 Å². The van der Waals surface area contributed by atoms with Crippen LogP contribution in [0, 0.1) is 10.1 Å². The van der Waals surface area contributed by atoms with E-state index >= 15 is 0 Å². The van der Waals surface area contributed by atoms with Crippen LogP contribution in [0.25, 0.3) is 22.4 Å². The predicted molar refractivity (Wildman–Crippen MR) is 114 cm³/mol. The van der Waals surface area contributed by atoms with Crippen LogP contribution in [0.4, 0.5) is 11.4 Å². The average molecular weight is 418 g/mol. The summed E-state index contributed by atoms with van der Waals surface area (Å²) < 4.78 is 0.813. The number of fused-ring (bicyclic) bond motifs is 1. The van der Waals surface area contributed by atoms with Gasteiger partial charge in [-0.2, -0.15) is 4.73 Å². The number of carbonyl (C=O) groups excluding carboxylic acids is 1. The minimum Gasteiger partial charge on any atom is -0.508 e. The van der Waals surface area contributed by atoms with Crippen molar-refractivity contribution >= 4 is 28.3 Å². The number of carbonyl (C=O) groups is 1. The molecule has 0 unspecified atom stereocenters. The number of aryl methyl sites for hydroxylation is 1. The zero-order valence-corrected chi connectivity index (χ0v) is 16.2. The molecule has 156 valence electrons. The summed E-state index contributed by atoms with van der Waals surface area (Å²) in [7, 11) is 0. The smallest absolute Gasteiger partial charge is 0.271 e. The molecule has 0 bridgehead atoms. The Morgan fingerprint density at radius 2 is 1.77 bits per heavy atom. The summed E-state index contributed by atoms with van der Waals surface area (Å²) in [5.41, 5.74) is 2.65. The second kappa shape index (κ2) is 8.15. The molecule has 0 atom stereocenters. The molecular formula is C22H18N4O5. The molecule has 0 aliphatic rings. The third-order valence-electron chi connectivity index (χ3n) is 4.83. The molecule has 0 aliphatic carbocycles. The van der Waals surface area contributed by atoms with Crippen molar-refractivity contribution in [1.29, 1.82) is 0 Å². The van der Waals surface area contributed by atoms with Crippen molar-refractivity contribution in [2.24, 2.45) is 0 Å². The number of non-ortho nitro benzene ring substituents is 1. The van der Waals surface area contributed by atoms with Crippen LogP contribution in [0.15, 0.2) is 66.7 Å². The van der Waals surface area contributed by atoms with Gasteiger partial charge < -0.3 is 15.6 Å². The van der Waals surface area contributed by atoms with Gasteiger partial charge in [-0.3, -0.25) is 14.9 Å². The van der Waals surface area contributed by atoms with Gasteiger partial charge in [0, 0.05) is 29.8 Å². The lowest BCUT2D eigenvalue weighted by molar-refractivity contribution is -0.384. The SMILES string of the molecule is O=C(CCc1ccc(O)cc1)Nc1ccc(-c2nc3ccc([N+](=O)[O-])cc3n2O)cc1. The van der Waals surface area contributed by atoms with Crippen LogP contribution in [-0.2, 0) is 11.2 Å². The number of anilines is 1. The quantitative estimate of drug-likeness (QED) is 0.245. The number of aromatic hydroxyl groups is 1. The summed E-state index contributed by atoms with van der Waals surface area (Å²) in [6, 6.07) is 17.5. The largest absolute Gasteiger partial charge is 0.508 e. The number of nitrogens with zero attached hydrogens (tertiary/aromatic N) is 3. The molecule has 0 spiro atoms. The van der Waals surface area contributed by atoms with Crippen molar-refractivity contribution in [3.05, 3.63) is 82.4 Å². The van der Waals surface area contributed by atoms with Crippen LogP contribution in [-0.4, -0.2) is 30.9 Å². The second-order valence-electron chi connectivity index (χ2n) is 6.97. The number of phenols is 1. The van der Waals surface area contributed by atoms with Crippen LogP contribution < -0.4 is 5.32 Å². The maximum atomic E-state index is 12.2. The first-order valence-electron chi connectivity index (χ1n) is 9.45. The van der Waals surface area contributed by atoms with E-state index < -0.39 is 4.92 Å². The molecule has 1 heterocycles. The van der Waals surface area contributed by atoms with Gasteiger partial charge in [0.25, 0.3) is 5.69 Å². The number of nitrogens with one attached hydrogen (secondary N) is 1. The highest BCUT2D eigenvalue weighted by atomic mass is 16.6. The summed E-state index contributed by atoms with van der Waals surface area (Å²) in [5.74, 6) is 0.270. The Kier molecular flexibility index (Phi) is 5.23. The summed E-state index contributed by atoms with van der Waals surface area (Å²) in [5, 5.41) is 33.5. The molecule has 3 N–H and O–H groups in total. The molecule has 4 rings (SSSR count). The number of aromatic nitrogens is 2. The molecule has 9 nitrogen and oxygen atoms in total. The first-order valence-corrected chi connectivity index (χ1v) is 9.45. The molecule has 31 heavy (non-hydrogen) atoms. The lowest BCUT2D eigenvalue weighted by atomic mass is 10.1. The van der Waals surface area contributed by atoms with Gasteiger partial charge in [0.15, 0.2) is 5.82 Å². The number of phenolic OH excluding ortho intramolecular Hbond substituents is 1. The number of benzene rings is 3. The van der Waals surface area contributed by atoms with Gasteiger partial charge in [0.1, 0.15) is 11.3 Å². The third-order valence-corrected chi connectivity index (χ3v) is 4.83. The van der Waals surface area contributed by atoms with E-state index in [0.29, 0.717) is 23.2 Å². The number of rotatable bonds is 6. The van der Waals surface area contributed by atoms with E-state index in [1.807, 2.05) is 0 Å². The first-order chi connectivity index (χ1) is 14.9. The fourth-order valence-electron chi connectivity index (χ4n) is 3.20. The Bertz CT molecular complexity index is 1260. The Morgan fingerprint density at radius 3 is 2.45 bits per heavy atom. The van der Waals surface area contributed by atoms with Crippen molar-refractivity contribution in [3.8, 4) is 17.1 Å². The molecule has 0 aliphatic heterocycles. The van der Waals surface area contributed by atoms with Crippen LogP contribution in [0.2, 0.25) is 0 Å². The highest BCUT2D eigenvalue weighted by Gasteiger charge is 2.16. The van der Waals surface area contributed by atoms with Crippen LogP contribution in [0.5, 0.6) is 5.75 Å². The van der Waals surface area contributed by atoms with Crippen molar-refractivity contribution in [2.45, 2.75) is 12.8 Å². The van der Waals surface area contributed by atoms with Gasteiger partial charge in [-0.1, -0.05) is 12.1 Å². The highest BCUT2D eigenvalue weighted by molar-refractivity contribution is 5.91. The van der Waals surface area contributed by atoms with Gasteiger partial charge >= 0.3 is 0 Å². The number of hydrogen-bond donors (Lipinski definition) is 3. The maximum absolute atomic E-state index is 12.2. The number of nitro benzene ring substituents is 1. The Balaban J connectivity index is 1.45. The fourth-order valence-corrected chi connectivity index (χ4v) is 3.20. The van der Waals surface area contributed by atoms with Crippen LogP contribution >= 0.6 is 0 Å². The number of amides is 1. The Morgan fingerprint density at radius 1 is 1.06 bits per heavy atom. The van der Waals surface area contributed by atoms with E-state index in [0.717, 1.165) is 10.3 Å². The van der Waals surface area contributed by atoms with Crippen molar-refractivity contribution in [3.63, 3.8) is 0 Å². The molecule has 9 heteroatoms. The minimum atomic E-state index is -0.536. The first kappa shape index (κ1) is 19.9. The van der Waals surface area contributed by atoms with Gasteiger partial charge in [-0.05, 0) is 54.4 Å². The topological polar surface area (TPSA) is 131 Å². The zero-order valence-electron chi connectivity index (χ0n) is 16.2. The third kappa shape index (κ3) is 4.30. The monoisotopic (exact) mass is 418 g/mol. The average Bonchev–Trinajstić information content (AvgIpc) is 3.10. The summed E-state index contributed by atoms with van der Waals surface area (Å²) in [6.07, 6.45) is 0.836. The van der Waals surface area contributed by atoms with Gasteiger partial charge in [-0.25, -0.2) is 4.98 Å². The minimum absolute atomic E-state index is 0.139. The molecule has 0 fully saturated rings. The standard InChI is InChI=1S/C22H18N4O5/c27-18-9-1-14(2-10-18)3-12-21(28)23-16-6-4-15(5-7-16)22-24-19-11-8-17(26(30)31)13-20(19)25(22)29/h1-2,4-11,13,27,29H,3,12H2,(H,23,28). The van der Waals surface area contributed by atoms with E-state index in [9.17, 15) is 25.2 Å².